The highest BCUT2D eigenvalue weighted by Gasteiger charge is 2.15. The average Bonchev–Trinajstić information content (AvgIpc) is 2.77. The maximum Gasteiger partial charge on any atom is 0.0653 e. The summed E-state index contributed by atoms with van der Waals surface area (Å²) in [6.45, 7) is 2.29. The molecule has 0 saturated carbocycles. The second-order valence-corrected chi connectivity index (χ2v) is 4.24. The van der Waals surface area contributed by atoms with Crippen molar-refractivity contribution >= 4 is 10.9 Å². The molecule has 2 aromatic rings. The van der Waals surface area contributed by atoms with Crippen LogP contribution in [0.25, 0.3) is 10.9 Å². The van der Waals surface area contributed by atoms with Gasteiger partial charge in [-0.3, -0.25) is 5.10 Å². The third-order valence-electron chi connectivity index (χ3n) is 3.28. The lowest BCUT2D eigenvalue weighted by molar-refractivity contribution is 0.460. The van der Waals surface area contributed by atoms with E-state index in [1.165, 1.54) is 23.8 Å². The fourth-order valence-electron chi connectivity index (χ4n) is 2.36. The first-order valence-corrected chi connectivity index (χ1v) is 5.57. The van der Waals surface area contributed by atoms with E-state index in [0.717, 1.165) is 24.5 Å². The maximum absolute atomic E-state index is 4.05. The lowest BCUT2D eigenvalue weighted by Gasteiger charge is -2.22. The van der Waals surface area contributed by atoms with Crippen LogP contribution in [0.3, 0.4) is 0 Å². The van der Waals surface area contributed by atoms with Gasteiger partial charge in [-0.1, -0.05) is 12.1 Å². The second-order valence-electron chi connectivity index (χ2n) is 4.24. The predicted octanol–water partition coefficient (Wildman–Crippen LogP) is 2.03. The quantitative estimate of drug-likeness (QED) is 0.741. The van der Waals surface area contributed by atoms with E-state index >= 15 is 0 Å². The molecule has 0 spiro atoms. The summed E-state index contributed by atoms with van der Waals surface area (Å²) >= 11 is 0. The van der Waals surface area contributed by atoms with Crippen LogP contribution >= 0.6 is 0 Å². The average molecular weight is 201 g/mol. The van der Waals surface area contributed by atoms with Gasteiger partial charge in [0.2, 0.25) is 0 Å². The minimum atomic E-state index is 0.721. The zero-order valence-electron chi connectivity index (χ0n) is 8.66. The van der Waals surface area contributed by atoms with E-state index in [-0.39, 0.29) is 0 Å². The molecule has 1 aromatic heterocycles. The highest BCUT2D eigenvalue weighted by molar-refractivity contribution is 5.78. The van der Waals surface area contributed by atoms with Crippen molar-refractivity contribution in [3.63, 3.8) is 0 Å². The van der Waals surface area contributed by atoms with Gasteiger partial charge in [0.25, 0.3) is 0 Å². The Kier molecular flexibility index (Phi) is 2.18. The van der Waals surface area contributed by atoms with Crippen LogP contribution in [-0.2, 0) is 0 Å². The number of nitrogens with zero attached hydrogens (tertiary/aromatic N) is 1. The van der Waals surface area contributed by atoms with Crippen LogP contribution in [0, 0.1) is 0 Å². The molecule has 1 aromatic carbocycles. The number of piperidine rings is 1. The van der Waals surface area contributed by atoms with Crippen LogP contribution in [0.5, 0.6) is 0 Å². The third-order valence-corrected chi connectivity index (χ3v) is 3.28. The van der Waals surface area contributed by atoms with Gasteiger partial charge in [-0.15, -0.1) is 0 Å². The molecule has 3 nitrogen and oxygen atoms in total. The Morgan fingerprint density at radius 3 is 2.93 bits per heavy atom. The minimum Gasteiger partial charge on any atom is -0.317 e. The normalized spacial score (nSPS) is 18.4. The van der Waals surface area contributed by atoms with Gasteiger partial charge in [-0.25, -0.2) is 0 Å². The van der Waals surface area contributed by atoms with E-state index in [2.05, 4.69) is 33.7 Å². The van der Waals surface area contributed by atoms with Crippen molar-refractivity contribution in [2.75, 3.05) is 13.1 Å². The van der Waals surface area contributed by atoms with Crippen LogP contribution < -0.4 is 5.32 Å². The minimum absolute atomic E-state index is 0.721. The highest BCUT2D eigenvalue weighted by atomic mass is 15.1. The van der Waals surface area contributed by atoms with E-state index in [4.69, 9.17) is 0 Å². The number of rotatable bonds is 1. The Morgan fingerprint density at radius 2 is 2.07 bits per heavy atom. The van der Waals surface area contributed by atoms with Gasteiger partial charge in [-0.2, -0.15) is 5.10 Å². The Bertz CT molecular complexity index is 455. The fraction of sp³-hybridized carbons (Fsp3) is 0.417. The molecule has 0 bridgehead atoms. The molecule has 2 heterocycles. The number of hydrogen-bond acceptors (Lipinski definition) is 2. The summed E-state index contributed by atoms with van der Waals surface area (Å²) in [5.41, 5.74) is 2.61. The summed E-state index contributed by atoms with van der Waals surface area (Å²) in [5.74, 6) is 0.721. The van der Waals surface area contributed by atoms with Gasteiger partial charge in [0.1, 0.15) is 0 Å². The number of hydrogen-bond donors (Lipinski definition) is 2. The summed E-state index contributed by atoms with van der Waals surface area (Å²) in [7, 11) is 0. The molecule has 3 heteroatoms. The molecule has 1 fully saturated rings. The predicted molar refractivity (Wildman–Crippen MR) is 60.9 cm³/mol. The van der Waals surface area contributed by atoms with Gasteiger partial charge in [0, 0.05) is 5.39 Å². The van der Waals surface area contributed by atoms with Gasteiger partial charge in [0.05, 0.1) is 11.7 Å². The topological polar surface area (TPSA) is 40.7 Å². The first-order chi connectivity index (χ1) is 7.43. The molecule has 0 radical (unpaired) electrons. The number of nitrogens with one attached hydrogen (secondary N) is 2. The SMILES string of the molecule is c1cc2cn[nH]c2cc1C1CCNCC1. The van der Waals surface area contributed by atoms with Crippen molar-refractivity contribution in [3.8, 4) is 0 Å². The maximum atomic E-state index is 4.05. The lowest BCUT2D eigenvalue weighted by Crippen LogP contribution is -2.26. The van der Waals surface area contributed by atoms with Crippen LogP contribution in [0.2, 0.25) is 0 Å². The van der Waals surface area contributed by atoms with Gasteiger partial charge >= 0.3 is 0 Å². The van der Waals surface area contributed by atoms with Gasteiger partial charge in [0.15, 0.2) is 0 Å². The molecule has 0 unspecified atom stereocenters. The molecule has 15 heavy (non-hydrogen) atoms. The fourth-order valence-corrected chi connectivity index (χ4v) is 2.36. The standard InChI is InChI=1S/C12H15N3/c1-2-11-8-14-15-12(11)7-10(1)9-3-5-13-6-4-9/h1-2,7-9,13H,3-6H2,(H,14,15). The van der Waals surface area contributed by atoms with E-state index < -0.39 is 0 Å². The van der Waals surface area contributed by atoms with E-state index in [0.29, 0.717) is 0 Å². The van der Waals surface area contributed by atoms with Gasteiger partial charge < -0.3 is 5.32 Å². The molecule has 0 aliphatic carbocycles. The molecular formula is C12H15N3. The van der Waals surface area contributed by atoms with E-state index in [9.17, 15) is 0 Å². The number of aromatic nitrogens is 2. The summed E-state index contributed by atoms with van der Waals surface area (Å²) < 4.78 is 0. The van der Waals surface area contributed by atoms with Crippen molar-refractivity contribution in [1.82, 2.24) is 15.5 Å². The molecule has 3 rings (SSSR count). The Hall–Kier alpha value is -1.35. The Labute approximate surface area is 88.9 Å². The zero-order valence-corrected chi connectivity index (χ0v) is 8.66. The van der Waals surface area contributed by atoms with Crippen molar-refractivity contribution in [2.24, 2.45) is 0 Å². The number of benzene rings is 1. The largest absolute Gasteiger partial charge is 0.317 e. The van der Waals surface area contributed by atoms with Gasteiger partial charge in [-0.05, 0) is 43.5 Å². The van der Waals surface area contributed by atoms with Crippen molar-refractivity contribution in [3.05, 3.63) is 30.0 Å². The van der Waals surface area contributed by atoms with E-state index in [1.807, 2.05) is 6.20 Å². The first kappa shape index (κ1) is 8.92. The second kappa shape index (κ2) is 3.66. The third kappa shape index (κ3) is 1.63. The molecule has 2 N–H and O–H groups in total. The molecule has 78 valence electrons. The van der Waals surface area contributed by atoms with Crippen molar-refractivity contribution in [1.29, 1.82) is 0 Å². The summed E-state index contributed by atoms with van der Waals surface area (Å²) in [5, 5.41) is 11.7. The van der Waals surface area contributed by atoms with Crippen LogP contribution in [0.15, 0.2) is 24.4 Å². The summed E-state index contributed by atoms with van der Waals surface area (Å²) in [6.07, 6.45) is 4.38. The van der Waals surface area contributed by atoms with Crippen LogP contribution in [0.4, 0.5) is 0 Å². The molecular weight excluding hydrogens is 186 g/mol. The molecule has 0 atom stereocenters. The Morgan fingerprint density at radius 1 is 1.20 bits per heavy atom. The number of aromatic amines is 1. The van der Waals surface area contributed by atoms with Crippen molar-refractivity contribution < 1.29 is 0 Å². The zero-order chi connectivity index (χ0) is 10.1. The smallest absolute Gasteiger partial charge is 0.0653 e. The summed E-state index contributed by atoms with van der Waals surface area (Å²) in [4.78, 5) is 0. The molecule has 1 aliphatic heterocycles. The van der Waals surface area contributed by atoms with Crippen LogP contribution in [-0.4, -0.2) is 23.3 Å². The molecule has 0 amide bonds. The first-order valence-electron chi connectivity index (χ1n) is 5.57. The Balaban J connectivity index is 1.95. The molecule has 1 saturated heterocycles. The number of fused-ring (bicyclic) bond motifs is 1. The highest BCUT2D eigenvalue weighted by Crippen LogP contribution is 2.27. The monoisotopic (exact) mass is 201 g/mol. The van der Waals surface area contributed by atoms with E-state index in [1.54, 1.807) is 0 Å². The molecule has 1 aliphatic rings. The number of H-pyrrole nitrogens is 1. The summed E-state index contributed by atoms with van der Waals surface area (Å²) in [6, 6.07) is 6.66. The van der Waals surface area contributed by atoms with Crippen LogP contribution in [0.1, 0.15) is 24.3 Å². The van der Waals surface area contributed by atoms with Crippen molar-refractivity contribution in [2.45, 2.75) is 18.8 Å². The lowest BCUT2D eigenvalue weighted by atomic mass is 9.90.